The highest BCUT2D eigenvalue weighted by atomic mass is 19.1. The maximum atomic E-state index is 12.5. The molecule has 0 aliphatic carbocycles. The van der Waals surface area contributed by atoms with E-state index >= 15 is 0 Å². The van der Waals surface area contributed by atoms with Crippen molar-refractivity contribution in [3.8, 4) is 0 Å². The van der Waals surface area contributed by atoms with Gasteiger partial charge in [-0.15, -0.1) is 0 Å². The first-order valence-electron chi connectivity index (χ1n) is 3.93. The van der Waals surface area contributed by atoms with Crippen molar-refractivity contribution in [1.29, 1.82) is 0 Å². The van der Waals surface area contributed by atoms with Gasteiger partial charge in [0.1, 0.15) is 5.82 Å². The van der Waals surface area contributed by atoms with Crippen molar-refractivity contribution >= 4 is 0 Å². The van der Waals surface area contributed by atoms with Crippen LogP contribution in [-0.4, -0.2) is 13.3 Å². The minimum Gasteiger partial charge on any atom is -0.364 e. The van der Waals surface area contributed by atoms with Crippen molar-refractivity contribution in [2.24, 2.45) is 0 Å². The molecule has 0 amide bonds. The summed E-state index contributed by atoms with van der Waals surface area (Å²) in [6.07, 6.45) is 0. The third kappa shape index (κ3) is 1.47. The van der Waals surface area contributed by atoms with Crippen LogP contribution >= 0.6 is 0 Å². The summed E-state index contributed by atoms with van der Waals surface area (Å²) >= 11 is 0. The molecule has 1 heterocycles. The van der Waals surface area contributed by atoms with Crippen LogP contribution < -0.4 is 5.32 Å². The highest BCUT2D eigenvalue weighted by Gasteiger charge is 2.15. The maximum absolute atomic E-state index is 12.5. The van der Waals surface area contributed by atoms with Gasteiger partial charge >= 0.3 is 0 Å². The topological polar surface area (TPSA) is 21.3 Å². The summed E-state index contributed by atoms with van der Waals surface area (Å²) in [7, 11) is 0. The van der Waals surface area contributed by atoms with E-state index in [1.807, 2.05) is 0 Å². The zero-order valence-electron chi connectivity index (χ0n) is 6.59. The van der Waals surface area contributed by atoms with E-state index in [1.54, 1.807) is 12.1 Å². The first-order chi connectivity index (χ1) is 5.86. The average molecular weight is 167 g/mol. The number of nitrogens with one attached hydrogen (secondary N) is 1. The first-order valence-corrected chi connectivity index (χ1v) is 3.93. The number of halogens is 1. The maximum Gasteiger partial charge on any atom is 0.123 e. The summed E-state index contributed by atoms with van der Waals surface area (Å²) < 4.78 is 17.7. The fourth-order valence-electron chi connectivity index (χ4n) is 1.30. The van der Waals surface area contributed by atoms with Crippen molar-refractivity contribution in [2.45, 2.75) is 6.04 Å². The van der Waals surface area contributed by atoms with Crippen molar-refractivity contribution in [1.82, 2.24) is 5.32 Å². The van der Waals surface area contributed by atoms with E-state index in [9.17, 15) is 4.39 Å². The van der Waals surface area contributed by atoms with E-state index < -0.39 is 0 Å². The van der Waals surface area contributed by atoms with Gasteiger partial charge in [0.05, 0.1) is 19.4 Å². The van der Waals surface area contributed by atoms with Gasteiger partial charge in [-0.05, 0) is 17.7 Å². The molecule has 1 atom stereocenters. The Morgan fingerprint density at radius 1 is 1.33 bits per heavy atom. The quantitative estimate of drug-likeness (QED) is 0.683. The summed E-state index contributed by atoms with van der Waals surface area (Å²) in [5.74, 6) is -0.197. The molecule has 3 heteroatoms. The smallest absolute Gasteiger partial charge is 0.123 e. The van der Waals surface area contributed by atoms with Crippen LogP contribution in [0.5, 0.6) is 0 Å². The second-order valence-electron chi connectivity index (χ2n) is 2.82. The Bertz CT molecular complexity index is 254. The van der Waals surface area contributed by atoms with Gasteiger partial charge in [-0.3, -0.25) is 5.32 Å². The summed E-state index contributed by atoms with van der Waals surface area (Å²) in [4.78, 5) is 0. The minimum atomic E-state index is -0.197. The number of benzene rings is 1. The molecule has 0 radical (unpaired) electrons. The lowest BCUT2D eigenvalue weighted by Crippen LogP contribution is -2.14. The van der Waals surface area contributed by atoms with Crippen LogP contribution in [0.3, 0.4) is 0 Å². The van der Waals surface area contributed by atoms with Gasteiger partial charge in [-0.2, -0.15) is 0 Å². The predicted octanol–water partition coefficient (Wildman–Crippen LogP) is 1.44. The molecule has 1 aliphatic heterocycles. The zero-order valence-corrected chi connectivity index (χ0v) is 6.59. The number of hydrogen-bond acceptors (Lipinski definition) is 2. The highest BCUT2D eigenvalue weighted by molar-refractivity contribution is 5.20. The second kappa shape index (κ2) is 3.21. The molecular formula is C9H10FNO. The predicted molar refractivity (Wildman–Crippen MR) is 43.1 cm³/mol. The highest BCUT2D eigenvalue weighted by Crippen LogP contribution is 2.16. The lowest BCUT2D eigenvalue weighted by atomic mass is 10.1. The van der Waals surface area contributed by atoms with Crippen molar-refractivity contribution in [3.63, 3.8) is 0 Å². The molecule has 2 nitrogen and oxygen atoms in total. The van der Waals surface area contributed by atoms with Gasteiger partial charge in [-0.25, -0.2) is 4.39 Å². The Kier molecular flexibility index (Phi) is 2.06. The summed E-state index contributed by atoms with van der Waals surface area (Å²) in [6, 6.07) is 6.72. The molecule has 0 bridgehead atoms. The van der Waals surface area contributed by atoms with Crippen LogP contribution in [0.4, 0.5) is 4.39 Å². The van der Waals surface area contributed by atoms with E-state index in [0.717, 1.165) is 5.56 Å². The number of rotatable bonds is 1. The third-order valence-electron chi connectivity index (χ3n) is 1.99. The van der Waals surface area contributed by atoms with E-state index in [2.05, 4.69) is 5.32 Å². The molecule has 2 rings (SSSR count). The molecule has 1 N–H and O–H groups in total. The van der Waals surface area contributed by atoms with Crippen LogP contribution in [0.15, 0.2) is 24.3 Å². The fourth-order valence-corrected chi connectivity index (χ4v) is 1.30. The van der Waals surface area contributed by atoms with E-state index in [-0.39, 0.29) is 11.9 Å². The SMILES string of the molecule is Fc1ccc(C2COCN2)cc1. The van der Waals surface area contributed by atoms with Crippen molar-refractivity contribution in [2.75, 3.05) is 13.3 Å². The van der Waals surface area contributed by atoms with Crippen molar-refractivity contribution < 1.29 is 9.13 Å². The van der Waals surface area contributed by atoms with Gasteiger partial charge in [0, 0.05) is 0 Å². The molecule has 64 valence electrons. The molecule has 0 aromatic heterocycles. The molecule has 1 unspecified atom stereocenters. The summed E-state index contributed by atoms with van der Waals surface area (Å²) in [5.41, 5.74) is 1.08. The Morgan fingerprint density at radius 2 is 2.08 bits per heavy atom. The van der Waals surface area contributed by atoms with E-state index in [4.69, 9.17) is 4.74 Å². The molecule has 0 saturated carbocycles. The summed E-state index contributed by atoms with van der Waals surface area (Å²) in [6.45, 7) is 1.26. The molecule has 1 aliphatic rings. The lowest BCUT2D eigenvalue weighted by Gasteiger charge is -2.07. The van der Waals surface area contributed by atoms with Crippen LogP contribution in [0.2, 0.25) is 0 Å². The van der Waals surface area contributed by atoms with E-state index in [0.29, 0.717) is 13.3 Å². The molecule has 1 fully saturated rings. The summed E-state index contributed by atoms with van der Waals surface area (Å²) in [5, 5.41) is 3.15. The van der Waals surface area contributed by atoms with Crippen LogP contribution in [0.1, 0.15) is 11.6 Å². The van der Waals surface area contributed by atoms with E-state index in [1.165, 1.54) is 12.1 Å². The molecular weight excluding hydrogens is 157 g/mol. The Morgan fingerprint density at radius 3 is 2.67 bits per heavy atom. The molecule has 1 aromatic carbocycles. The van der Waals surface area contributed by atoms with Crippen LogP contribution in [0.25, 0.3) is 0 Å². The number of ether oxygens (including phenoxy) is 1. The lowest BCUT2D eigenvalue weighted by molar-refractivity contribution is 0.189. The molecule has 12 heavy (non-hydrogen) atoms. The normalized spacial score (nSPS) is 22.9. The Hall–Kier alpha value is -0.930. The second-order valence-corrected chi connectivity index (χ2v) is 2.82. The van der Waals surface area contributed by atoms with Crippen LogP contribution in [0, 0.1) is 5.82 Å². The minimum absolute atomic E-state index is 0.197. The molecule has 1 saturated heterocycles. The zero-order chi connectivity index (χ0) is 8.39. The van der Waals surface area contributed by atoms with Gasteiger partial charge in [-0.1, -0.05) is 12.1 Å². The van der Waals surface area contributed by atoms with Crippen molar-refractivity contribution in [3.05, 3.63) is 35.6 Å². The molecule has 1 aromatic rings. The number of hydrogen-bond donors (Lipinski definition) is 1. The largest absolute Gasteiger partial charge is 0.364 e. The average Bonchev–Trinajstić information content (AvgIpc) is 2.58. The van der Waals surface area contributed by atoms with Gasteiger partial charge in [0.2, 0.25) is 0 Å². The Labute approximate surface area is 70.3 Å². The fraction of sp³-hybridized carbons (Fsp3) is 0.333. The molecule has 0 spiro atoms. The standard InChI is InChI=1S/C9H10FNO/c10-8-3-1-7(2-4-8)9-5-12-6-11-9/h1-4,9,11H,5-6H2. The van der Waals surface area contributed by atoms with Crippen LogP contribution in [-0.2, 0) is 4.74 Å². The Balaban J connectivity index is 2.17. The van der Waals surface area contributed by atoms with Gasteiger partial charge < -0.3 is 4.74 Å². The third-order valence-corrected chi connectivity index (χ3v) is 1.99. The monoisotopic (exact) mass is 167 g/mol. The first kappa shape index (κ1) is 7.71. The van der Waals surface area contributed by atoms with Gasteiger partial charge in [0.25, 0.3) is 0 Å². The van der Waals surface area contributed by atoms with Gasteiger partial charge in [0.15, 0.2) is 0 Å².